The molecule has 1 aliphatic heterocycles. The third-order valence-corrected chi connectivity index (χ3v) is 5.58. The smallest absolute Gasteiger partial charge is 0.243 e. The number of hydrogen-bond acceptors (Lipinski definition) is 3. The Morgan fingerprint density at radius 1 is 1.26 bits per heavy atom. The summed E-state index contributed by atoms with van der Waals surface area (Å²) in [5.74, 6) is 0.213. The van der Waals surface area contributed by atoms with Gasteiger partial charge in [0.15, 0.2) is 0 Å². The molecule has 19 heavy (non-hydrogen) atoms. The molecular weight excluding hydrogens is 284 g/mol. The molecule has 0 aromatic heterocycles. The van der Waals surface area contributed by atoms with Gasteiger partial charge in [0.2, 0.25) is 10.0 Å². The lowest BCUT2D eigenvalue weighted by molar-refractivity contribution is 0.464. The van der Waals surface area contributed by atoms with Crippen LogP contribution in [0.5, 0.6) is 0 Å². The molecule has 2 rings (SSSR count). The van der Waals surface area contributed by atoms with E-state index in [1.54, 1.807) is 6.07 Å². The molecule has 0 spiro atoms. The van der Waals surface area contributed by atoms with E-state index >= 15 is 0 Å². The number of rotatable bonds is 2. The summed E-state index contributed by atoms with van der Waals surface area (Å²) >= 11 is 0. The van der Waals surface area contributed by atoms with Crippen LogP contribution in [-0.4, -0.2) is 31.9 Å². The average Bonchev–Trinajstić information content (AvgIpc) is 2.59. The van der Waals surface area contributed by atoms with Crippen molar-refractivity contribution in [2.24, 2.45) is 11.7 Å². The number of nitrogens with zero attached hydrogens (tertiary/aromatic N) is 1. The van der Waals surface area contributed by atoms with Crippen LogP contribution in [0.25, 0.3) is 0 Å². The van der Waals surface area contributed by atoms with Gasteiger partial charge in [-0.15, -0.1) is 12.4 Å². The molecule has 2 N–H and O–H groups in total. The van der Waals surface area contributed by atoms with E-state index in [9.17, 15) is 8.42 Å². The topological polar surface area (TPSA) is 63.4 Å². The van der Waals surface area contributed by atoms with Crippen LogP contribution in [0, 0.1) is 19.8 Å². The van der Waals surface area contributed by atoms with Crippen molar-refractivity contribution in [3.63, 3.8) is 0 Å². The van der Waals surface area contributed by atoms with Crippen LogP contribution in [0.15, 0.2) is 23.1 Å². The van der Waals surface area contributed by atoms with Gasteiger partial charge in [-0.05, 0) is 31.4 Å². The number of nitrogens with two attached hydrogens (primary N) is 1. The Balaban J connectivity index is 0.00000180. The molecule has 0 aliphatic carbocycles. The fourth-order valence-electron chi connectivity index (χ4n) is 2.37. The molecule has 6 heteroatoms. The summed E-state index contributed by atoms with van der Waals surface area (Å²) < 4.78 is 26.6. The lowest BCUT2D eigenvalue weighted by atomic mass is 10.1. The predicted octanol–water partition coefficient (Wildman–Crippen LogP) is 1.69. The molecule has 0 bridgehead atoms. The van der Waals surface area contributed by atoms with Crippen molar-refractivity contribution < 1.29 is 8.42 Å². The molecule has 2 atom stereocenters. The van der Waals surface area contributed by atoms with Crippen molar-refractivity contribution >= 4 is 22.4 Å². The van der Waals surface area contributed by atoms with Crippen molar-refractivity contribution in [3.8, 4) is 0 Å². The standard InChI is InChI=1S/C13H20N2O2S.ClH/c1-9-4-5-13(10(2)6-9)18(16,17)15-7-11(3)12(14)8-15;/h4-6,11-12H,7-8,14H2,1-3H3;1H. The van der Waals surface area contributed by atoms with Gasteiger partial charge in [0.25, 0.3) is 0 Å². The molecule has 4 nitrogen and oxygen atoms in total. The molecule has 108 valence electrons. The Labute approximate surface area is 121 Å². The number of hydrogen-bond donors (Lipinski definition) is 1. The van der Waals surface area contributed by atoms with Gasteiger partial charge in [-0.25, -0.2) is 8.42 Å². The molecule has 1 aromatic rings. The summed E-state index contributed by atoms with van der Waals surface area (Å²) in [6.07, 6.45) is 0. The fourth-order valence-corrected chi connectivity index (χ4v) is 4.15. The number of aryl methyl sites for hydroxylation is 2. The third kappa shape index (κ3) is 3.11. The highest BCUT2D eigenvalue weighted by molar-refractivity contribution is 7.89. The fraction of sp³-hybridized carbons (Fsp3) is 0.538. The summed E-state index contributed by atoms with van der Waals surface area (Å²) in [5, 5.41) is 0. The van der Waals surface area contributed by atoms with Crippen molar-refractivity contribution in [2.45, 2.75) is 31.7 Å². The van der Waals surface area contributed by atoms with E-state index in [0.29, 0.717) is 18.0 Å². The number of sulfonamides is 1. The van der Waals surface area contributed by atoms with Crippen LogP contribution in [0.1, 0.15) is 18.1 Å². The summed E-state index contributed by atoms with van der Waals surface area (Å²) in [4.78, 5) is 0.398. The molecule has 0 amide bonds. The van der Waals surface area contributed by atoms with Gasteiger partial charge in [-0.2, -0.15) is 4.31 Å². The molecule has 1 aliphatic rings. The van der Waals surface area contributed by atoms with Gasteiger partial charge in [0.05, 0.1) is 4.90 Å². The summed E-state index contributed by atoms with van der Waals surface area (Å²) in [7, 11) is -3.40. The average molecular weight is 305 g/mol. The first-order chi connectivity index (χ1) is 8.32. The Bertz CT molecular complexity index is 550. The van der Waals surface area contributed by atoms with Crippen molar-refractivity contribution in [1.29, 1.82) is 0 Å². The van der Waals surface area contributed by atoms with Gasteiger partial charge < -0.3 is 5.73 Å². The zero-order valence-corrected chi connectivity index (χ0v) is 13.1. The molecule has 2 unspecified atom stereocenters. The lowest BCUT2D eigenvalue weighted by Gasteiger charge is -2.17. The summed E-state index contributed by atoms with van der Waals surface area (Å²) in [6.45, 7) is 6.70. The lowest BCUT2D eigenvalue weighted by Crippen LogP contribution is -2.32. The highest BCUT2D eigenvalue weighted by atomic mass is 35.5. The van der Waals surface area contributed by atoms with Gasteiger partial charge in [0, 0.05) is 19.1 Å². The summed E-state index contributed by atoms with van der Waals surface area (Å²) in [5.41, 5.74) is 7.76. The van der Waals surface area contributed by atoms with Gasteiger partial charge in [-0.1, -0.05) is 24.6 Å². The van der Waals surface area contributed by atoms with Gasteiger partial charge >= 0.3 is 0 Å². The van der Waals surface area contributed by atoms with E-state index < -0.39 is 10.0 Å². The maximum Gasteiger partial charge on any atom is 0.243 e. The molecule has 1 saturated heterocycles. The van der Waals surface area contributed by atoms with Gasteiger partial charge in [0.1, 0.15) is 0 Å². The number of benzene rings is 1. The zero-order chi connectivity index (χ0) is 13.5. The monoisotopic (exact) mass is 304 g/mol. The highest BCUT2D eigenvalue weighted by Gasteiger charge is 2.35. The first kappa shape index (κ1) is 16.4. The number of halogens is 1. The maximum atomic E-state index is 12.5. The summed E-state index contributed by atoms with van der Waals surface area (Å²) in [6, 6.07) is 5.35. The predicted molar refractivity (Wildman–Crippen MR) is 79.1 cm³/mol. The third-order valence-electron chi connectivity index (χ3n) is 3.59. The van der Waals surface area contributed by atoms with Crippen LogP contribution in [0.4, 0.5) is 0 Å². The van der Waals surface area contributed by atoms with Crippen LogP contribution in [0.3, 0.4) is 0 Å². The largest absolute Gasteiger partial charge is 0.326 e. The van der Waals surface area contributed by atoms with Crippen molar-refractivity contribution in [2.75, 3.05) is 13.1 Å². The van der Waals surface area contributed by atoms with Crippen LogP contribution in [-0.2, 0) is 10.0 Å². The normalized spacial score (nSPS) is 24.2. The molecule has 1 fully saturated rings. The van der Waals surface area contributed by atoms with E-state index in [1.807, 2.05) is 32.9 Å². The highest BCUT2D eigenvalue weighted by Crippen LogP contribution is 2.26. The Kier molecular flexibility index (Phi) is 5.01. The Morgan fingerprint density at radius 2 is 1.89 bits per heavy atom. The second kappa shape index (κ2) is 5.79. The maximum absolute atomic E-state index is 12.5. The SMILES string of the molecule is Cc1ccc(S(=O)(=O)N2CC(C)C(N)C2)c(C)c1.Cl. The minimum Gasteiger partial charge on any atom is -0.326 e. The first-order valence-corrected chi connectivity index (χ1v) is 7.59. The second-order valence-corrected chi connectivity index (χ2v) is 7.14. The Morgan fingerprint density at radius 3 is 2.37 bits per heavy atom. The van der Waals surface area contributed by atoms with Gasteiger partial charge in [-0.3, -0.25) is 0 Å². The van der Waals surface area contributed by atoms with Crippen LogP contribution in [0.2, 0.25) is 0 Å². The zero-order valence-electron chi connectivity index (χ0n) is 11.5. The van der Waals surface area contributed by atoms with E-state index in [0.717, 1.165) is 11.1 Å². The van der Waals surface area contributed by atoms with E-state index in [4.69, 9.17) is 5.73 Å². The quantitative estimate of drug-likeness (QED) is 0.904. The van der Waals surface area contributed by atoms with E-state index in [1.165, 1.54) is 4.31 Å². The minimum atomic E-state index is -3.40. The molecule has 1 aromatic carbocycles. The molecule has 0 radical (unpaired) electrons. The van der Waals surface area contributed by atoms with Crippen molar-refractivity contribution in [1.82, 2.24) is 4.31 Å². The molecular formula is C13H21ClN2O2S. The molecule has 0 saturated carbocycles. The van der Waals surface area contributed by atoms with Crippen molar-refractivity contribution in [3.05, 3.63) is 29.3 Å². The first-order valence-electron chi connectivity index (χ1n) is 6.15. The Hall–Kier alpha value is -0.620. The van der Waals surface area contributed by atoms with E-state index in [2.05, 4.69) is 0 Å². The van der Waals surface area contributed by atoms with Crippen LogP contribution < -0.4 is 5.73 Å². The molecule has 1 heterocycles. The van der Waals surface area contributed by atoms with E-state index in [-0.39, 0.29) is 24.4 Å². The van der Waals surface area contributed by atoms with Crippen LogP contribution >= 0.6 is 12.4 Å². The second-order valence-electron chi connectivity index (χ2n) is 5.23. The minimum absolute atomic E-state index is 0.